The van der Waals surface area contributed by atoms with Crippen LogP contribution in [0.2, 0.25) is 10.0 Å². The lowest BCUT2D eigenvalue weighted by Crippen LogP contribution is -2.68. The molecule has 2 aromatic carbocycles. The summed E-state index contributed by atoms with van der Waals surface area (Å²) in [4.78, 5) is 8.07. The maximum atomic E-state index is 11.6. The van der Waals surface area contributed by atoms with Crippen LogP contribution >= 0.6 is 34.8 Å². The Bertz CT molecular complexity index is 1500. The Morgan fingerprint density at radius 3 is 1.85 bits per heavy atom. The summed E-state index contributed by atoms with van der Waals surface area (Å²) in [6, 6.07) is 16.0. The molecule has 8 nitrogen and oxygen atoms in total. The minimum Gasteiger partial charge on any atom is -0.387 e. The Hall–Kier alpha value is -2.56. The van der Waals surface area contributed by atoms with Crippen molar-refractivity contribution in [2.45, 2.75) is 89.7 Å². The van der Waals surface area contributed by atoms with Crippen LogP contribution < -0.4 is 0 Å². The van der Waals surface area contributed by atoms with Gasteiger partial charge in [-0.2, -0.15) is 10.2 Å². The second-order valence-electron chi connectivity index (χ2n) is 14.0. The monoisotopic (exact) mass is 719 g/mol. The van der Waals surface area contributed by atoms with Crippen LogP contribution in [0.1, 0.15) is 59.0 Å². The number of benzene rings is 2. The van der Waals surface area contributed by atoms with Crippen LogP contribution in [0.5, 0.6) is 0 Å². The van der Waals surface area contributed by atoms with Gasteiger partial charge in [0.2, 0.25) is 0 Å². The van der Waals surface area contributed by atoms with Crippen molar-refractivity contribution in [3.63, 3.8) is 0 Å². The number of rotatable bonds is 9. The molecule has 3 fully saturated rings. The van der Waals surface area contributed by atoms with E-state index in [-0.39, 0.29) is 22.3 Å². The molecular weight excluding hydrogens is 674 g/mol. The number of hydrogen-bond acceptors (Lipinski definition) is 6. The third kappa shape index (κ3) is 7.04. The number of fused-ring (bicyclic) bond motifs is 1. The summed E-state index contributed by atoms with van der Waals surface area (Å²) in [6.45, 7) is 7.84. The van der Waals surface area contributed by atoms with Gasteiger partial charge in [0.1, 0.15) is 25.3 Å². The lowest BCUT2D eigenvalue weighted by Gasteiger charge is -2.60. The molecule has 48 heavy (non-hydrogen) atoms. The molecule has 0 amide bonds. The first-order valence-corrected chi connectivity index (χ1v) is 17.7. The van der Waals surface area contributed by atoms with Crippen molar-refractivity contribution >= 4 is 34.8 Å². The molecule has 2 aromatic heterocycles. The van der Waals surface area contributed by atoms with Crippen LogP contribution in [0.3, 0.4) is 0 Å². The molecule has 0 bridgehead atoms. The Balaban J connectivity index is 0.000000177. The average Bonchev–Trinajstić information content (AvgIpc) is 3.88. The van der Waals surface area contributed by atoms with E-state index in [0.29, 0.717) is 24.4 Å². The Kier molecular flexibility index (Phi) is 11.1. The second-order valence-corrected chi connectivity index (χ2v) is 15.1. The van der Waals surface area contributed by atoms with Crippen molar-refractivity contribution in [3.8, 4) is 0 Å². The fourth-order valence-electron chi connectivity index (χ4n) is 8.31. The van der Waals surface area contributed by atoms with Gasteiger partial charge in [-0.15, -0.1) is 11.6 Å². The fourth-order valence-corrected chi connectivity index (χ4v) is 8.92. The standard InChI is InChI=1S/C18H22ClN3O.C17H21Cl2N3O.CH3F/c1-13-17(2)8-7-15(9-14-3-5-16(19)6-4-14)18(17,23-13)10-22-12-20-11-21-22;1-16(9-18)7-6-14(8-13-2-4-15(19)5-3-13)17(16,23)10-22-12-20-11-21-22;1-2/h3-6,11-13,15H,7-10H2,1-2H3;2-5,11-12,14,23H,6-10H2,1H3;1H3/t13?,15-,17+,18+;14-,16+,17+;/m11./s1/i;;1D. The van der Waals surface area contributed by atoms with Crippen molar-refractivity contribution in [1.82, 2.24) is 29.5 Å². The van der Waals surface area contributed by atoms with E-state index >= 15 is 0 Å². The van der Waals surface area contributed by atoms with Crippen LogP contribution in [0.25, 0.3) is 0 Å². The first-order valence-electron chi connectivity index (χ1n) is 17.1. The summed E-state index contributed by atoms with van der Waals surface area (Å²) >= 11 is 18.2. The molecule has 0 radical (unpaired) electrons. The zero-order valence-corrected chi connectivity index (χ0v) is 30.0. The zero-order chi connectivity index (χ0) is 35.3. The minimum atomic E-state index is -1.00. The summed E-state index contributed by atoms with van der Waals surface area (Å²) in [6.07, 6.45) is 12.9. The first kappa shape index (κ1) is 35.3. The van der Waals surface area contributed by atoms with Gasteiger partial charge in [0.05, 0.1) is 38.9 Å². The topological polar surface area (TPSA) is 90.9 Å². The minimum absolute atomic E-state index is 0.122. The van der Waals surface area contributed by atoms with Crippen LogP contribution in [0, 0.1) is 22.7 Å². The predicted octanol–water partition coefficient (Wildman–Crippen LogP) is 7.89. The number of aliphatic hydroxyl groups is 1. The number of aromatic nitrogens is 6. The highest BCUT2D eigenvalue weighted by molar-refractivity contribution is 6.30. The lowest BCUT2D eigenvalue weighted by molar-refractivity contribution is -0.313. The van der Waals surface area contributed by atoms with Crippen LogP contribution in [0.15, 0.2) is 73.8 Å². The smallest absolute Gasteiger partial charge is 0.137 e. The van der Waals surface area contributed by atoms with Crippen molar-refractivity contribution in [2.75, 3.05) is 13.0 Å². The summed E-state index contributed by atoms with van der Waals surface area (Å²) < 4.78 is 25.5. The number of nitrogens with zero attached hydrogens (tertiary/aromatic N) is 6. The van der Waals surface area contributed by atoms with Gasteiger partial charge in [-0.25, -0.2) is 9.97 Å². The molecule has 3 aliphatic rings. The number of hydrogen-bond donors (Lipinski definition) is 1. The number of alkyl halides is 2. The molecule has 2 aliphatic carbocycles. The van der Waals surface area contributed by atoms with Gasteiger partial charge >= 0.3 is 0 Å². The van der Waals surface area contributed by atoms with Gasteiger partial charge in [0.25, 0.3) is 0 Å². The van der Waals surface area contributed by atoms with Crippen molar-refractivity contribution in [1.29, 1.82) is 0 Å². The maximum Gasteiger partial charge on any atom is 0.137 e. The van der Waals surface area contributed by atoms with Crippen molar-refractivity contribution in [3.05, 3.63) is 95.0 Å². The molecular formula is C36H46Cl3FN6O2. The summed E-state index contributed by atoms with van der Waals surface area (Å²) in [7, 11) is -1.00. The largest absolute Gasteiger partial charge is 0.387 e. The SMILES string of the molecule is CC1O[C@@]2(Cn3cncn3)[C@@H](Cc3ccc(Cl)cc3)CC[C@@]12C.C[C@@]1(CCl)CC[C@H](Cc2ccc(Cl)cc2)[C@@]1(O)Cn1cncn1.[2H]CF. The summed E-state index contributed by atoms with van der Waals surface area (Å²) in [5, 5.41) is 21.5. The van der Waals surface area contributed by atoms with E-state index in [4.69, 9.17) is 40.9 Å². The zero-order valence-electron chi connectivity index (χ0n) is 28.8. The molecule has 7 rings (SSSR count). The lowest BCUT2D eigenvalue weighted by atomic mass is 9.63. The molecule has 7 atom stereocenters. The van der Waals surface area contributed by atoms with Crippen LogP contribution in [-0.2, 0) is 30.7 Å². The highest BCUT2D eigenvalue weighted by Crippen LogP contribution is 2.64. The highest BCUT2D eigenvalue weighted by atomic mass is 35.5. The molecule has 3 heterocycles. The van der Waals surface area contributed by atoms with Gasteiger partial charge in [0, 0.05) is 26.8 Å². The first-order chi connectivity index (χ1) is 23.4. The molecule has 1 unspecified atom stereocenters. The number of halogens is 4. The molecule has 260 valence electrons. The van der Waals surface area contributed by atoms with Crippen molar-refractivity contribution in [2.24, 2.45) is 22.7 Å². The molecule has 0 spiro atoms. The van der Waals surface area contributed by atoms with E-state index in [0.717, 1.165) is 42.3 Å². The Labute approximate surface area is 299 Å². The molecule has 12 heteroatoms. The molecule has 2 saturated carbocycles. The van der Waals surface area contributed by atoms with Crippen LogP contribution in [-0.4, -0.2) is 65.0 Å². The van der Waals surface area contributed by atoms with E-state index in [1.807, 2.05) is 41.1 Å². The molecule has 1 aliphatic heterocycles. The van der Waals surface area contributed by atoms with Crippen LogP contribution in [0.4, 0.5) is 4.39 Å². The van der Waals surface area contributed by atoms with Gasteiger partial charge in [-0.05, 0) is 92.7 Å². The molecule has 1 saturated heterocycles. The predicted molar refractivity (Wildman–Crippen MR) is 188 cm³/mol. The van der Waals surface area contributed by atoms with Gasteiger partial charge in [0.15, 0.2) is 0 Å². The van der Waals surface area contributed by atoms with E-state index in [1.54, 1.807) is 23.7 Å². The molecule has 4 aromatic rings. The van der Waals surface area contributed by atoms with E-state index in [2.05, 4.69) is 53.1 Å². The summed E-state index contributed by atoms with van der Waals surface area (Å²) in [5.74, 6) is 1.04. The normalized spacial score (nSPS) is 32.2. The third-order valence-corrected chi connectivity index (χ3v) is 12.6. The quantitative estimate of drug-likeness (QED) is 0.177. The Morgan fingerprint density at radius 1 is 0.875 bits per heavy atom. The van der Waals surface area contributed by atoms with E-state index in [9.17, 15) is 9.50 Å². The summed E-state index contributed by atoms with van der Waals surface area (Å²) in [5.41, 5.74) is 1.33. The van der Waals surface area contributed by atoms with E-state index in [1.165, 1.54) is 30.3 Å². The van der Waals surface area contributed by atoms with Gasteiger partial charge < -0.3 is 9.84 Å². The average molecular weight is 721 g/mol. The molecule has 1 N–H and O–H groups in total. The fraction of sp³-hybridized carbons (Fsp3) is 0.556. The second kappa shape index (κ2) is 15.1. The maximum absolute atomic E-state index is 11.6. The number of ether oxygens (including phenoxy) is 1. The van der Waals surface area contributed by atoms with E-state index < -0.39 is 12.8 Å². The Morgan fingerprint density at radius 2 is 1.38 bits per heavy atom. The highest BCUT2D eigenvalue weighted by Gasteiger charge is 2.69. The van der Waals surface area contributed by atoms with Gasteiger partial charge in [-0.3, -0.25) is 13.8 Å². The third-order valence-electron chi connectivity index (χ3n) is 11.5. The van der Waals surface area contributed by atoms with Crippen molar-refractivity contribution < 1.29 is 15.6 Å². The van der Waals surface area contributed by atoms with Gasteiger partial charge in [-0.1, -0.05) is 61.3 Å².